The summed E-state index contributed by atoms with van der Waals surface area (Å²) in [5.41, 5.74) is 1.98. The number of hydrogen-bond acceptors (Lipinski definition) is 3. The van der Waals surface area contributed by atoms with Gasteiger partial charge in [0.2, 0.25) is 0 Å². The highest BCUT2D eigenvalue weighted by atomic mass is 14.9. The number of hydrogen-bond donors (Lipinski definition) is 1. The smallest absolute Gasteiger partial charge is 0.0753 e. The van der Waals surface area contributed by atoms with Gasteiger partial charge in [-0.05, 0) is 26.8 Å². The minimum absolute atomic E-state index is 0.299. The normalized spacial score (nSPS) is 12.8. The van der Waals surface area contributed by atoms with Crippen molar-refractivity contribution in [3.63, 3.8) is 0 Å². The maximum Gasteiger partial charge on any atom is 0.0753 e. The average molecular weight is 179 g/mol. The molecule has 13 heavy (non-hydrogen) atoms. The summed E-state index contributed by atoms with van der Waals surface area (Å²) in [7, 11) is 0. The van der Waals surface area contributed by atoms with E-state index in [9.17, 15) is 0 Å². The summed E-state index contributed by atoms with van der Waals surface area (Å²) in [5, 5.41) is 3.37. The van der Waals surface area contributed by atoms with Gasteiger partial charge in [0.25, 0.3) is 0 Å². The van der Waals surface area contributed by atoms with Gasteiger partial charge in [-0.2, -0.15) is 0 Å². The average Bonchev–Trinajstić information content (AvgIpc) is 2.15. The first-order valence-electron chi connectivity index (χ1n) is 4.76. The Bertz CT molecular complexity index is 243. The van der Waals surface area contributed by atoms with E-state index >= 15 is 0 Å². The Hall–Kier alpha value is -0.960. The highest BCUT2D eigenvalue weighted by Gasteiger charge is 2.04. The molecule has 0 saturated heterocycles. The number of nitrogens with one attached hydrogen (secondary N) is 1. The van der Waals surface area contributed by atoms with Crippen LogP contribution in [0.25, 0.3) is 0 Å². The summed E-state index contributed by atoms with van der Waals surface area (Å²) < 4.78 is 0. The molecule has 0 radical (unpaired) electrons. The Morgan fingerprint density at radius 1 is 1.38 bits per heavy atom. The quantitative estimate of drug-likeness (QED) is 0.766. The van der Waals surface area contributed by atoms with Gasteiger partial charge in [-0.1, -0.05) is 6.92 Å². The van der Waals surface area contributed by atoms with E-state index in [1.54, 1.807) is 6.20 Å². The fourth-order valence-corrected chi connectivity index (χ4v) is 1.09. The standard InChI is InChI=1S/C10H17N3/c1-4-5-11-9(3)10-7-12-8(2)6-13-10/h6-7,9,11H,4-5H2,1-3H3. The summed E-state index contributed by atoms with van der Waals surface area (Å²) >= 11 is 0. The largest absolute Gasteiger partial charge is 0.309 e. The Morgan fingerprint density at radius 2 is 2.15 bits per heavy atom. The molecule has 1 heterocycles. The van der Waals surface area contributed by atoms with Gasteiger partial charge in [-0.3, -0.25) is 9.97 Å². The lowest BCUT2D eigenvalue weighted by Crippen LogP contribution is -2.20. The molecule has 1 aromatic heterocycles. The van der Waals surface area contributed by atoms with Crippen molar-refractivity contribution in [2.45, 2.75) is 33.2 Å². The molecule has 0 fully saturated rings. The first-order valence-corrected chi connectivity index (χ1v) is 4.76. The lowest BCUT2D eigenvalue weighted by atomic mass is 10.2. The van der Waals surface area contributed by atoms with Crippen molar-refractivity contribution in [1.82, 2.24) is 15.3 Å². The molecule has 1 unspecified atom stereocenters. The van der Waals surface area contributed by atoms with Crippen LogP contribution in [0.2, 0.25) is 0 Å². The molecule has 0 aliphatic heterocycles. The van der Waals surface area contributed by atoms with Gasteiger partial charge in [-0.15, -0.1) is 0 Å². The lowest BCUT2D eigenvalue weighted by Gasteiger charge is -2.11. The zero-order valence-electron chi connectivity index (χ0n) is 8.54. The molecule has 0 amide bonds. The molecule has 0 bridgehead atoms. The highest BCUT2D eigenvalue weighted by molar-refractivity contribution is 5.04. The van der Waals surface area contributed by atoms with Gasteiger partial charge >= 0.3 is 0 Å². The van der Waals surface area contributed by atoms with Crippen LogP contribution in [0, 0.1) is 6.92 Å². The van der Waals surface area contributed by atoms with Crippen LogP contribution in [0.1, 0.15) is 37.7 Å². The number of rotatable bonds is 4. The van der Waals surface area contributed by atoms with E-state index in [0.717, 1.165) is 24.4 Å². The molecular formula is C10H17N3. The number of aryl methyl sites for hydroxylation is 1. The van der Waals surface area contributed by atoms with Crippen LogP contribution in [0.4, 0.5) is 0 Å². The van der Waals surface area contributed by atoms with Crippen LogP contribution in [-0.4, -0.2) is 16.5 Å². The molecule has 1 atom stereocenters. The zero-order chi connectivity index (χ0) is 9.68. The second-order valence-electron chi connectivity index (χ2n) is 3.26. The third-order valence-corrected chi connectivity index (χ3v) is 1.95. The van der Waals surface area contributed by atoms with Gasteiger partial charge in [-0.25, -0.2) is 0 Å². The van der Waals surface area contributed by atoms with Gasteiger partial charge < -0.3 is 5.32 Å². The van der Waals surface area contributed by atoms with E-state index in [0.29, 0.717) is 6.04 Å². The maximum atomic E-state index is 4.31. The van der Waals surface area contributed by atoms with Crippen molar-refractivity contribution in [2.24, 2.45) is 0 Å². The Kier molecular flexibility index (Phi) is 3.83. The topological polar surface area (TPSA) is 37.8 Å². The lowest BCUT2D eigenvalue weighted by molar-refractivity contribution is 0.556. The van der Waals surface area contributed by atoms with E-state index in [2.05, 4.69) is 29.1 Å². The van der Waals surface area contributed by atoms with Crippen molar-refractivity contribution in [3.8, 4) is 0 Å². The fraction of sp³-hybridized carbons (Fsp3) is 0.600. The molecule has 0 aliphatic carbocycles. The van der Waals surface area contributed by atoms with Gasteiger partial charge in [0.05, 0.1) is 17.6 Å². The SMILES string of the molecule is CCCNC(C)c1cnc(C)cn1. The molecule has 72 valence electrons. The van der Waals surface area contributed by atoms with Crippen molar-refractivity contribution in [3.05, 3.63) is 23.8 Å². The van der Waals surface area contributed by atoms with Gasteiger partial charge in [0, 0.05) is 12.2 Å². The van der Waals surface area contributed by atoms with Crippen LogP contribution < -0.4 is 5.32 Å². The molecule has 3 heteroatoms. The van der Waals surface area contributed by atoms with Gasteiger partial charge in [0.15, 0.2) is 0 Å². The summed E-state index contributed by atoms with van der Waals surface area (Å²) in [4.78, 5) is 8.51. The Labute approximate surface area is 79.6 Å². The van der Waals surface area contributed by atoms with E-state index < -0.39 is 0 Å². The highest BCUT2D eigenvalue weighted by Crippen LogP contribution is 2.06. The molecule has 1 N–H and O–H groups in total. The summed E-state index contributed by atoms with van der Waals surface area (Å²) in [6, 6.07) is 0.299. The molecule has 0 saturated carbocycles. The molecule has 3 nitrogen and oxygen atoms in total. The van der Waals surface area contributed by atoms with E-state index in [-0.39, 0.29) is 0 Å². The maximum absolute atomic E-state index is 4.31. The second-order valence-corrected chi connectivity index (χ2v) is 3.26. The van der Waals surface area contributed by atoms with E-state index in [4.69, 9.17) is 0 Å². The second kappa shape index (κ2) is 4.92. The van der Waals surface area contributed by atoms with Crippen LogP contribution in [0.3, 0.4) is 0 Å². The predicted octanol–water partition coefficient (Wildman–Crippen LogP) is 1.85. The van der Waals surface area contributed by atoms with Crippen LogP contribution in [0.5, 0.6) is 0 Å². The summed E-state index contributed by atoms with van der Waals surface area (Å²) in [6.07, 6.45) is 4.78. The third kappa shape index (κ3) is 3.11. The Morgan fingerprint density at radius 3 is 2.69 bits per heavy atom. The summed E-state index contributed by atoms with van der Waals surface area (Å²) in [6.45, 7) is 7.23. The summed E-state index contributed by atoms with van der Waals surface area (Å²) in [5.74, 6) is 0. The van der Waals surface area contributed by atoms with Crippen molar-refractivity contribution < 1.29 is 0 Å². The molecule has 0 aliphatic rings. The minimum Gasteiger partial charge on any atom is -0.309 e. The number of nitrogens with zero attached hydrogens (tertiary/aromatic N) is 2. The van der Waals surface area contributed by atoms with Crippen LogP contribution >= 0.6 is 0 Å². The van der Waals surface area contributed by atoms with Crippen LogP contribution in [-0.2, 0) is 0 Å². The first kappa shape index (κ1) is 10.1. The van der Waals surface area contributed by atoms with E-state index in [1.165, 1.54) is 0 Å². The van der Waals surface area contributed by atoms with Crippen molar-refractivity contribution in [2.75, 3.05) is 6.54 Å². The minimum atomic E-state index is 0.299. The zero-order valence-corrected chi connectivity index (χ0v) is 8.54. The number of aromatic nitrogens is 2. The third-order valence-electron chi connectivity index (χ3n) is 1.95. The fourth-order valence-electron chi connectivity index (χ4n) is 1.09. The van der Waals surface area contributed by atoms with Crippen LogP contribution in [0.15, 0.2) is 12.4 Å². The predicted molar refractivity (Wildman–Crippen MR) is 53.5 cm³/mol. The first-order chi connectivity index (χ1) is 6.24. The molecule has 1 aromatic rings. The van der Waals surface area contributed by atoms with E-state index in [1.807, 2.05) is 13.1 Å². The monoisotopic (exact) mass is 179 g/mol. The van der Waals surface area contributed by atoms with Gasteiger partial charge in [0.1, 0.15) is 0 Å². The molecule has 0 spiro atoms. The van der Waals surface area contributed by atoms with Crippen molar-refractivity contribution >= 4 is 0 Å². The Balaban J connectivity index is 2.55. The molecule has 1 rings (SSSR count). The van der Waals surface area contributed by atoms with Crippen molar-refractivity contribution in [1.29, 1.82) is 0 Å². The molecule has 0 aromatic carbocycles. The molecular weight excluding hydrogens is 162 g/mol.